The number of fused-ring (bicyclic) bond motifs is 1. The summed E-state index contributed by atoms with van der Waals surface area (Å²) in [7, 11) is 0. The minimum absolute atomic E-state index is 0.946. The van der Waals surface area contributed by atoms with Crippen LogP contribution in [-0.4, -0.2) is 4.98 Å². The molecule has 0 aliphatic rings. The topological polar surface area (TPSA) is 12.9 Å². The molecule has 0 spiro atoms. The number of pyridine rings is 1. The highest BCUT2D eigenvalue weighted by Gasteiger charge is 2.03. The third-order valence-electron chi connectivity index (χ3n) is 4.05. The van der Waals surface area contributed by atoms with Gasteiger partial charge in [-0.15, -0.1) is 0 Å². The van der Waals surface area contributed by atoms with Gasteiger partial charge in [-0.3, -0.25) is 4.98 Å². The van der Waals surface area contributed by atoms with Crippen molar-refractivity contribution >= 4 is 22.9 Å². The molecule has 0 saturated carbocycles. The van der Waals surface area contributed by atoms with Crippen LogP contribution in [-0.2, 0) is 0 Å². The molecule has 0 fully saturated rings. The molecule has 0 atom stereocenters. The molecule has 1 radical (unpaired) electrons. The second-order valence-electron chi connectivity index (χ2n) is 5.65. The smallest absolute Gasteiger partial charge is 0.0629 e. The van der Waals surface area contributed by atoms with Crippen LogP contribution in [0.5, 0.6) is 0 Å². The zero-order valence-corrected chi connectivity index (χ0v) is 13.2. The monoisotopic (exact) mass is 306 g/mol. The first-order chi connectivity index (χ1) is 11.9. The van der Waals surface area contributed by atoms with Gasteiger partial charge in [0, 0.05) is 6.20 Å². The van der Waals surface area contributed by atoms with Gasteiger partial charge in [0.1, 0.15) is 0 Å². The average Bonchev–Trinajstić information content (AvgIpc) is 2.67. The lowest BCUT2D eigenvalue weighted by molar-refractivity contribution is 1.30. The molecule has 0 saturated heterocycles. The number of nitrogens with zero attached hydrogens (tertiary/aromatic N) is 1. The maximum Gasteiger partial charge on any atom is 0.0629 e. The number of benzene rings is 3. The molecule has 24 heavy (non-hydrogen) atoms. The minimum Gasteiger partial charge on any atom is -0.257 e. The van der Waals surface area contributed by atoms with Crippen molar-refractivity contribution in [2.45, 2.75) is 0 Å². The summed E-state index contributed by atoms with van der Waals surface area (Å²) in [6, 6.07) is 30.4. The summed E-state index contributed by atoms with van der Waals surface area (Å²) in [5, 5.41) is 2.53. The van der Waals surface area contributed by atoms with E-state index in [0.29, 0.717) is 0 Å². The molecule has 3 aromatic carbocycles. The van der Waals surface area contributed by atoms with Gasteiger partial charge in [-0.05, 0) is 57.8 Å². The fourth-order valence-corrected chi connectivity index (χ4v) is 2.88. The third-order valence-corrected chi connectivity index (χ3v) is 4.05. The van der Waals surface area contributed by atoms with E-state index >= 15 is 0 Å². The van der Waals surface area contributed by atoms with Crippen molar-refractivity contribution in [2.75, 3.05) is 0 Å². The van der Waals surface area contributed by atoms with E-state index in [4.69, 9.17) is 0 Å². The van der Waals surface area contributed by atoms with Gasteiger partial charge >= 0.3 is 0 Å². The van der Waals surface area contributed by atoms with Crippen LogP contribution in [0, 0.1) is 6.07 Å². The maximum atomic E-state index is 4.31. The van der Waals surface area contributed by atoms with E-state index in [9.17, 15) is 0 Å². The summed E-state index contributed by atoms with van der Waals surface area (Å²) in [4.78, 5) is 4.31. The molecule has 0 aliphatic carbocycles. The molecule has 1 heteroatoms. The van der Waals surface area contributed by atoms with Crippen molar-refractivity contribution < 1.29 is 0 Å². The second-order valence-corrected chi connectivity index (χ2v) is 5.65. The van der Waals surface area contributed by atoms with Crippen LogP contribution >= 0.6 is 0 Å². The first-order valence-electron chi connectivity index (χ1n) is 7.99. The highest BCUT2D eigenvalue weighted by atomic mass is 14.6. The SMILES string of the molecule is [c]1ccc(-c2cccc3ccccc23)cc1C=Cc1ccccn1. The Kier molecular flexibility index (Phi) is 3.91. The zero-order chi connectivity index (χ0) is 16.2. The quantitative estimate of drug-likeness (QED) is 0.461. The van der Waals surface area contributed by atoms with Crippen molar-refractivity contribution in [3.8, 4) is 11.1 Å². The molecule has 1 nitrogen and oxygen atoms in total. The van der Waals surface area contributed by atoms with E-state index in [0.717, 1.165) is 11.3 Å². The first kappa shape index (κ1) is 14.4. The van der Waals surface area contributed by atoms with Gasteiger partial charge in [0.15, 0.2) is 0 Å². The lowest BCUT2D eigenvalue weighted by Crippen LogP contribution is -1.83. The Hall–Kier alpha value is -3.19. The highest BCUT2D eigenvalue weighted by molar-refractivity contribution is 5.96. The Labute approximate surface area is 141 Å². The third kappa shape index (κ3) is 2.97. The molecule has 0 N–H and O–H groups in total. The Morgan fingerprint density at radius 1 is 0.792 bits per heavy atom. The Bertz CT molecular complexity index is 995. The van der Waals surface area contributed by atoms with Gasteiger partial charge in [0.05, 0.1) is 5.69 Å². The molecule has 0 aliphatic heterocycles. The number of hydrogen-bond donors (Lipinski definition) is 0. The Balaban J connectivity index is 1.73. The Morgan fingerprint density at radius 2 is 1.67 bits per heavy atom. The van der Waals surface area contributed by atoms with Crippen molar-refractivity contribution in [2.24, 2.45) is 0 Å². The predicted molar refractivity (Wildman–Crippen MR) is 101 cm³/mol. The fourth-order valence-electron chi connectivity index (χ4n) is 2.88. The summed E-state index contributed by atoms with van der Waals surface area (Å²) in [6.07, 6.45) is 5.87. The normalized spacial score (nSPS) is 11.2. The second kappa shape index (κ2) is 6.51. The molecule has 0 unspecified atom stereocenters. The van der Waals surface area contributed by atoms with Crippen molar-refractivity contribution in [1.29, 1.82) is 0 Å². The zero-order valence-electron chi connectivity index (χ0n) is 13.2. The largest absolute Gasteiger partial charge is 0.257 e. The van der Waals surface area contributed by atoms with Crippen molar-refractivity contribution in [3.63, 3.8) is 0 Å². The van der Waals surface area contributed by atoms with Crippen LogP contribution in [0.15, 0.2) is 85.1 Å². The average molecular weight is 306 g/mol. The number of rotatable bonds is 3. The number of hydrogen-bond acceptors (Lipinski definition) is 1. The molecule has 1 aromatic heterocycles. The van der Waals surface area contributed by atoms with E-state index in [2.05, 4.69) is 71.7 Å². The van der Waals surface area contributed by atoms with Crippen LogP contribution in [0.1, 0.15) is 11.3 Å². The fraction of sp³-hybridized carbons (Fsp3) is 0. The van der Waals surface area contributed by atoms with Crippen LogP contribution in [0.3, 0.4) is 0 Å². The van der Waals surface area contributed by atoms with Gasteiger partial charge in [-0.25, -0.2) is 0 Å². The molecular weight excluding hydrogens is 290 g/mol. The van der Waals surface area contributed by atoms with E-state index in [-0.39, 0.29) is 0 Å². The minimum atomic E-state index is 0.946. The van der Waals surface area contributed by atoms with Gasteiger partial charge in [0.25, 0.3) is 0 Å². The molecular formula is C23H16N. The van der Waals surface area contributed by atoms with Gasteiger partial charge in [-0.2, -0.15) is 0 Å². The van der Waals surface area contributed by atoms with Crippen molar-refractivity contribution in [3.05, 3.63) is 102 Å². The molecule has 113 valence electrons. The summed E-state index contributed by atoms with van der Waals surface area (Å²) in [5.74, 6) is 0. The predicted octanol–water partition coefficient (Wildman–Crippen LogP) is 5.87. The van der Waals surface area contributed by atoms with E-state index in [1.165, 1.54) is 21.9 Å². The van der Waals surface area contributed by atoms with Gasteiger partial charge in [0.2, 0.25) is 0 Å². The summed E-state index contributed by atoms with van der Waals surface area (Å²) >= 11 is 0. The van der Waals surface area contributed by atoms with Crippen LogP contribution in [0.4, 0.5) is 0 Å². The van der Waals surface area contributed by atoms with Gasteiger partial charge < -0.3 is 0 Å². The van der Waals surface area contributed by atoms with Crippen LogP contribution < -0.4 is 0 Å². The molecule has 0 amide bonds. The summed E-state index contributed by atoms with van der Waals surface area (Å²) in [5.41, 5.74) is 4.44. The number of aromatic nitrogens is 1. The van der Waals surface area contributed by atoms with Crippen molar-refractivity contribution in [1.82, 2.24) is 4.98 Å². The van der Waals surface area contributed by atoms with E-state index < -0.39 is 0 Å². The summed E-state index contributed by atoms with van der Waals surface area (Å²) in [6.45, 7) is 0. The van der Waals surface area contributed by atoms with E-state index in [1.54, 1.807) is 6.20 Å². The molecule has 1 heterocycles. The Morgan fingerprint density at radius 3 is 2.58 bits per heavy atom. The first-order valence-corrected chi connectivity index (χ1v) is 7.99. The molecule has 4 aromatic rings. The highest BCUT2D eigenvalue weighted by Crippen LogP contribution is 2.29. The maximum absolute atomic E-state index is 4.31. The van der Waals surface area contributed by atoms with Crippen LogP contribution in [0.2, 0.25) is 0 Å². The summed E-state index contributed by atoms with van der Waals surface area (Å²) < 4.78 is 0. The molecule has 4 rings (SSSR count). The van der Waals surface area contributed by atoms with Crippen LogP contribution in [0.25, 0.3) is 34.1 Å². The van der Waals surface area contributed by atoms with E-state index in [1.807, 2.05) is 30.3 Å². The van der Waals surface area contributed by atoms with Gasteiger partial charge in [-0.1, -0.05) is 66.7 Å². The standard InChI is InChI=1S/C23H16N/c1-2-12-22-19(8-1)9-6-13-23(22)20-10-5-7-18(17-20)14-15-21-11-3-4-16-24-21/h1-6,8-17H. The lowest BCUT2D eigenvalue weighted by Gasteiger charge is -2.07. The lowest BCUT2D eigenvalue weighted by atomic mass is 9.97. The molecule has 0 bridgehead atoms.